The highest BCUT2D eigenvalue weighted by atomic mass is 16.1. The average molecular weight is 214 g/mol. The van der Waals surface area contributed by atoms with Crippen molar-refractivity contribution in [3.63, 3.8) is 0 Å². The van der Waals surface area contributed by atoms with Crippen molar-refractivity contribution < 1.29 is 4.79 Å². The van der Waals surface area contributed by atoms with Crippen LogP contribution in [0.4, 0.5) is 11.4 Å². The Morgan fingerprint density at radius 1 is 1.50 bits per heavy atom. The van der Waals surface area contributed by atoms with Crippen LogP contribution in [0.25, 0.3) is 0 Å². The van der Waals surface area contributed by atoms with Crippen LogP contribution in [0.3, 0.4) is 0 Å². The van der Waals surface area contributed by atoms with Crippen molar-refractivity contribution in [1.82, 2.24) is 0 Å². The van der Waals surface area contributed by atoms with Crippen LogP contribution < -0.4 is 5.32 Å². The molecule has 0 bridgehead atoms. The number of nitrogens with one attached hydrogen (secondary N) is 1. The quantitative estimate of drug-likeness (QED) is 0.755. The van der Waals surface area contributed by atoms with Gasteiger partial charge in [0.25, 0.3) is 0 Å². The molecule has 1 aromatic rings. The Kier molecular flexibility index (Phi) is 2.86. The third kappa shape index (κ3) is 1.89. The Labute approximate surface area is 94.9 Å². The molecule has 0 aromatic heterocycles. The predicted octanol–water partition coefficient (Wildman–Crippen LogP) is 2.92. The van der Waals surface area contributed by atoms with Crippen LogP contribution in [0.15, 0.2) is 41.9 Å². The number of fused-ring (bicyclic) bond motifs is 1. The van der Waals surface area contributed by atoms with Crippen molar-refractivity contribution in [2.24, 2.45) is 10.9 Å². The molecule has 1 unspecified atom stereocenters. The first-order valence-electron chi connectivity index (χ1n) is 5.28. The van der Waals surface area contributed by atoms with Crippen molar-refractivity contribution in [2.75, 3.05) is 5.32 Å². The fourth-order valence-corrected chi connectivity index (χ4v) is 1.80. The molecular weight excluding hydrogens is 200 g/mol. The van der Waals surface area contributed by atoms with Crippen molar-refractivity contribution in [3.8, 4) is 0 Å². The lowest BCUT2D eigenvalue weighted by Crippen LogP contribution is -2.26. The van der Waals surface area contributed by atoms with E-state index in [9.17, 15) is 4.79 Å². The van der Waals surface area contributed by atoms with E-state index in [1.54, 1.807) is 6.08 Å². The highest BCUT2D eigenvalue weighted by Crippen LogP contribution is 2.29. The number of nitrogens with zero attached hydrogens (tertiary/aromatic N) is 1. The lowest BCUT2D eigenvalue weighted by Gasteiger charge is -2.11. The monoisotopic (exact) mass is 214 g/mol. The zero-order valence-corrected chi connectivity index (χ0v) is 9.23. The van der Waals surface area contributed by atoms with Gasteiger partial charge in [0, 0.05) is 5.71 Å². The number of carbonyl (C=O) groups excluding carboxylic acids is 1. The lowest BCUT2D eigenvalue weighted by atomic mass is 10.00. The van der Waals surface area contributed by atoms with E-state index in [4.69, 9.17) is 0 Å². The summed E-state index contributed by atoms with van der Waals surface area (Å²) in [5.41, 5.74) is 2.43. The van der Waals surface area contributed by atoms with Crippen LogP contribution in [0.2, 0.25) is 0 Å². The normalized spacial score (nSPS) is 19.2. The molecular formula is C13H14N2O. The summed E-state index contributed by atoms with van der Waals surface area (Å²) in [5, 5.41) is 2.89. The Morgan fingerprint density at radius 2 is 2.25 bits per heavy atom. The van der Waals surface area contributed by atoms with Crippen molar-refractivity contribution in [3.05, 3.63) is 36.9 Å². The summed E-state index contributed by atoms with van der Waals surface area (Å²) in [6, 6.07) is 7.56. The summed E-state index contributed by atoms with van der Waals surface area (Å²) < 4.78 is 0. The predicted molar refractivity (Wildman–Crippen MR) is 66.1 cm³/mol. The summed E-state index contributed by atoms with van der Waals surface area (Å²) in [5.74, 6) is -0.212. The third-order valence-electron chi connectivity index (χ3n) is 2.68. The third-order valence-corrected chi connectivity index (χ3v) is 2.68. The molecule has 82 valence electrons. The Balaban J connectivity index is 2.43. The molecule has 1 aliphatic heterocycles. The minimum absolute atomic E-state index is 0.00824. The Morgan fingerprint density at radius 3 is 3.00 bits per heavy atom. The van der Waals surface area contributed by atoms with Crippen LogP contribution in [-0.2, 0) is 4.79 Å². The number of rotatable bonds is 2. The minimum atomic E-state index is -0.204. The van der Waals surface area contributed by atoms with Crippen LogP contribution in [-0.4, -0.2) is 11.6 Å². The molecule has 3 heteroatoms. The second-order valence-electron chi connectivity index (χ2n) is 3.84. The van der Waals surface area contributed by atoms with Gasteiger partial charge in [-0.2, -0.15) is 0 Å². The molecule has 1 N–H and O–H groups in total. The molecule has 1 heterocycles. The van der Waals surface area contributed by atoms with Gasteiger partial charge in [0.05, 0.1) is 17.3 Å². The molecule has 1 atom stereocenters. The van der Waals surface area contributed by atoms with E-state index in [2.05, 4.69) is 16.9 Å². The SMILES string of the molecule is C=CCC1C(=O)Nc2ccccc2N=C1C. The fraction of sp³-hybridized carbons (Fsp3) is 0.231. The molecule has 0 saturated heterocycles. The lowest BCUT2D eigenvalue weighted by molar-refractivity contribution is -0.117. The van der Waals surface area contributed by atoms with Gasteiger partial charge in [0.2, 0.25) is 5.91 Å². The number of aliphatic imine (C=N–C) groups is 1. The second-order valence-corrected chi connectivity index (χ2v) is 3.84. The molecule has 0 saturated carbocycles. The van der Waals surface area contributed by atoms with Gasteiger partial charge in [-0.15, -0.1) is 6.58 Å². The maximum atomic E-state index is 11.9. The van der Waals surface area contributed by atoms with Crippen molar-refractivity contribution in [1.29, 1.82) is 0 Å². The maximum Gasteiger partial charge on any atom is 0.233 e. The number of carbonyl (C=O) groups is 1. The molecule has 3 nitrogen and oxygen atoms in total. The molecule has 1 aromatic carbocycles. The fourth-order valence-electron chi connectivity index (χ4n) is 1.80. The van der Waals surface area contributed by atoms with E-state index >= 15 is 0 Å². The molecule has 16 heavy (non-hydrogen) atoms. The maximum absolute atomic E-state index is 11.9. The first kappa shape index (κ1) is 10.6. The molecule has 1 amide bonds. The van der Waals surface area contributed by atoms with Gasteiger partial charge in [-0.05, 0) is 25.5 Å². The van der Waals surface area contributed by atoms with Gasteiger partial charge in [-0.25, -0.2) is 0 Å². The number of hydrogen-bond acceptors (Lipinski definition) is 2. The number of amides is 1. The van der Waals surface area contributed by atoms with Gasteiger partial charge in [0.1, 0.15) is 0 Å². The zero-order chi connectivity index (χ0) is 11.5. The Bertz CT molecular complexity index is 463. The van der Waals surface area contributed by atoms with E-state index in [1.807, 2.05) is 31.2 Å². The van der Waals surface area contributed by atoms with Crippen molar-refractivity contribution >= 4 is 23.0 Å². The molecule has 0 aliphatic carbocycles. The van der Waals surface area contributed by atoms with E-state index in [0.29, 0.717) is 6.42 Å². The van der Waals surface area contributed by atoms with Crippen LogP contribution in [0, 0.1) is 5.92 Å². The first-order valence-corrected chi connectivity index (χ1v) is 5.28. The highest BCUT2D eigenvalue weighted by Gasteiger charge is 2.23. The largest absolute Gasteiger partial charge is 0.324 e. The summed E-state index contributed by atoms with van der Waals surface area (Å²) in [7, 11) is 0. The average Bonchev–Trinajstić information content (AvgIpc) is 2.38. The molecule has 1 aliphatic rings. The van der Waals surface area contributed by atoms with Crippen molar-refractivity contribution in [2.45, 2.75) is 13.3 Å². The molecule has 0 fully saturated rings. The first-order chi connectivity index (χ1) is 7.72. The number of benzene rings is 1. The summed E-state index contributed by atoms with van der Waals surface area (Å²) in [6.07, 6.45) is 2.37. The molecule has 0 radical (unpaired) electrons. The standard InChI is InChI=1S/C13H14N2O/c1-3-6-10-9(2)14-11-7-4-5-8-12(11)15-13(10)16/h3-5,7-8,10H,1,6H2,2H3,(H,15,16). The van der Waals surface area contributed by atoms with Gasteiger partial charge in [-0.3, -0.25) is 9.79 Å². The summed E-state index contributed by atoms with van der Waals surface area (Å²) in [6.45, 7) is 5.55. The van der Waals surface area contributed by atoms with E-state index in [0.717, 1.165) is 17.1 Å². The number of allylic oxidation sites excluding steroid dienone is 1. The van der Waals surface area contributed by atoms with Crippen LogP contribution >= 0.6 is 0 Å². The minimum Gasteiger partial charge on any atom is -0.324 e. The number of para-hydroxylation sites is 2. The van der Waals surface area contributed by atoms with Crippen LogP contribution in [0.1, 0.15) is 13.3 Å². The molecule has 0 spiro atoms. The Hall–Kier alpha value is -1.90. The van der Waals surface area contributed by atoms with E-state index in [-0.39, 0.29) is 11.8 Å². The number of hydrogen-bond donors (Lipinski definition) is 1. The number of anilines is 1. The van der Waals surface area contributed by atoms with Gasteiger partial charge in [0.15, 0.2) is 0 Å². The van der Waals surface area contributed by atoms with E-state index < -0.39 is 0 Å². The van der Waals surface area contributed by atoms with Crippen LogP contribution in [0.5, 0.6) is 0 Å². The van der Waals surface area contributed by atoms with Gasteiger partial charge < -0.3 is 5.32 Å². The highest BCUT2D eigenvalue weighted by molar-refractivity contribution is 6.12. The second kappa shape index (κ2) is 4.31. The summed E-state index contributed by atoms with van der Waals surface area (Å²) in [4.78, 5) is 16.4. The van der Waals surface area contributed by atoms with Gasteiger partial charge in [-0.1, -0.05) is 18.2 Å². The molecule has 2 rings (SSSR count). The zero-order valence-electron chi connectivity index (χ0n) is 9.23. The topological polar surface area (TPSA) is 41.5 Å². The van der Waals surface area contributed by atoms with Gasteiger partial charge >= 0.3 is 0 Å². The smallest absolute Gasteiger partial charge is 0.233 e. The summed E-state index contributed by atoms with van der Waals surface area (Å²) >= 11 is 0. The van der Waals surface area contributed by atoms with E-state index in [1.165, 1.54) is 0 Å².